The molecule has 0 aromatic carbocycles. The van der Waals surface area contributed by atoms with Gasteiger partial charge in [0.1, 0.15) is 17.6 Å². The second kappa shape index (κ2) is 7.97. The Kier molecular flexibility index (Phi) is 7.25. The molecular weight excluding hydrogens is 296 g/mol. The van der Waals surface area contributed by atoms with E-state index in [2.05, 4.69) is 6.07 Å². The summed E-state index contributed by atoms with van der Waals surface area (Å²) in [5.41, 5.74) is -1.79. The number of carbonyl (C=O) groups excluding carboxylic acids is 2. The highest BCUT2D eigenvalue weighted by Gasteiger charge is 2.47. The van der Waals surface area contributed by atoms with Crippen molar-refractivity contribution in [3.05, 3.63) is 0 Å². The molecule has 0 amide bonds. The molecule has 0 radical (unpaired) electrons. The van der Waals surface area contributed by atoms with Crippen LogP contribution < -0.4 is 0 Å². The van der Waals surface area contributed by atoms with Crippen LogP contribution in [0.2, 0.25) is 0 Å². The van der Waals surface area contributed by atoms with E-state index < -0.39 is 22.6 Å². The lowest BCUT2D eigenvalue weighted by atomic mass is 9.70. The van der Waals surface area contributed by atoms with Gasteiger partial charge in [-0.15, -0.1) is 0 Å². The third-order valence-corrected chi connectivity index (χ3v) is 2.85. The normalized spacial score (nSPS) is 15.7. The number of carbonyl (C=O) groups is 2. The summed E-state index contributed by atoms with van der Waals surface area (Å²) < 4.78 is 9.99. The summed E-state index contributed by atoms with van der Waals surface area (Å²) in [6, 6.07) is 3.78. The van der Waals surface area contributed by atoms with Crippen molar-refractivity contribution in [1.82, 2.24) is 0 Å². The van der Waals surface area contributed by atoms with Crippen LogP contribution in [0.5, 0.6) is 0 Å². The summed E-state index contributed by atoms with van der Waals surface area (Å²) in [5.74, 6) is -0.816. The summed E-state index contributed by atoms with van der Waals surface area (Å²) >= 11 is 0. The second-order valence-corrected chi connectivity index (χ2v) is 7.47. The van der Waals surface area contributed by atoms with Crippen LogP contribution in [0.25, 0.3) is 0 Å². The Morgan fingerprint density at radius 3 is 1.74 bits per heavy atom. The van der Waals surface area contributed by atoms with Crippen LogP contribution in [-0.4, -0.2) is 23.1 Å². The highest BCUT2D eigenvalue weighted by atomic mass is 16.6. The third-order valence-electron chi connectivity index (χ3n) is 2.85. The predicted octanol–water partition coefficient (Wildman–Crippen LogP) is 3.26. The zero-order valence-electron chi connectivity index (χ0n) is 14.9. The van der Waals surface area contributed by atoms with Gasteiger partial charge in [-0.05, 0) is 60.8 Å². The number of nitrogens with zero attached hydrogens (tertiary/aromatic N) is 2. The number of nitriles is 2. The van der Waals surface area contributed by atoms with Gasteiger partial charge >= 0.3 is 11.9 Å². The van der Waals surface area contributed by atoms with Gasteiger partial charge in [0.05, 0.1) is 12.1 Å². The molecule has 0 spiro atoms. The van der Waals surface area contributed by atoms with Crippen LogP contribution in [0.3, 0.4) is 0 Å². The highest BCUT2D eigenvalue weighted by Crippen LogP contribution is 2.42. The number of hydrogen-bond acceptors (Lipinski definition) is 6. The molecule has 0 heterocycles. The Morgan fingerprint density at radius 1 is 1.00 bits per heavy atom. The fourth-order valence-corrected chi connectivity index (χ4v) is 1.71. The molecule has 6 nitrogen and oxygen atoms in total. The molecule has 0 aromatic rings. The van der Waals surface area contributed by atoms with E-state index in [9.17, 15) is 9.59 Å². The van der Waals surface area contributed by atoms with E-state index in [1.807, 2.05) is 20.8 Å². The first-order valence-electron chi connectivity index (χ1n) is 7.59. The Labute approximate surface area is 138 Å². The molecule has 23 heavy (non-hydrogen) atoms. The van der Waals surface area contributed by atoms with Crippen molar-refractivity contribution in [1.29, 1.82) is 10.5 Å². The topological polar surface area (TPSA) is 100 Å². The zero-order valence-corrected chi connectivity index (χ0v) is 14.9. The molecule has 1 rings (SSSR count). The van der Waals surface area contributed by atoms with E-state index >= 15 is 0 Å². The quantitative estimate of drug-likeness (QED) is 0.723. The van der Waals surface area contributed by atoms with Crippen LogP contribution in [0.4, 0.5) is 0 Å². The average molecular weight is 322 g/mol. The van der Waals surface area contributed by atoms with Crippen LogP contribution in [0, 0.1) is 28.1 Å². The van der Waals surface area contributed by atoms with E-state index in [0.717, 1.165) is 6.42 Å². The Hall–Kier alpha value is -2.08. The lowest BCUT2D eigenvalue weighted by Gasteiger charge is -2.35. The van der Waals surface area contributed by atoms with E-state index in [4.69, 9.17) is 20.0 Å². The van der Waals surface area contributed by atoms with E-state index in [-0.39, 0.29) is 12.4 Å². The smallest absolute Gasteiger partial charge is 0.327 e. The first-order chi connectivity index (χ1) is 10.4. The van der Waals surface area contributed by atoms with Crippen molar-refractivity contribution < 1.29 is 19.1 Å². The van der Waals surface area contributed by atoms with Gasteiger partial charge in [-0.25, -0.2) is 0 Å². The van der Waals surface area contributed by atoms with Gasteiger partial charge in [-0.3, -0.25) is 9.59 Å². The fourth-order valence-electron chi connectivity index (χ4n) is 1.71. The van der Waals surface area contributed by atoms with E-state index in [1.54, 1.807) is 26.8 Å². The molecule has 0 bridgehead atoms. The summed E-state index contributed by atoms with van der Waals surface area (Å²) in [6.07, 6.45) is 2.08. The lowest BCUT2D eigenvalue weighted by Crippen LogP contribution is -2.41. The van der Waals surface area contributed by atoms with Crippen molar-refractivity contribution in [3.63, 3.8) is 0 Å². The van der Waals surface area contributed by atoms with Gasteiger partial charge in [0.25, 0.3) is 0 Å². The summed E-state index contributed by atoms with van der Waals surface area (Å²) in [4.78, 5) is 22.2. The molecule has 1 aliphatic rings. The summed E-state index contributed by atoms with van der Waals surface area (Å²) in [5, 5.41) is 16.9. The predicted molar refractivity (Wildman–Crippen MR) is 83.8 cm³/mol. The molecule has 0 aliphatic heterocycles. The molecule has 0 unspecified atom stereocenters. The number of esters is 2. The van der Waals surface area contributed by atoms with Crippen molar-refractivity contribution in [2.75, 3.05) is 0 Å². The monoisotopic (exact) mass is 322 g/mol. The van der Waals surface area contributed by atoms with Crippen molar-refractivity contribution in [3.8, 4) is 12.1 Å². The summed E-state index contributed by atoms with van der Waals surface area (Å²) in [7, 11) is 0. The highest BCUT2D eigenvalue weighted by molar-refractivity contribution is 5.81. The maximum absolute atomic E-state index is 11.5. The standard InChI is InChI=1S/C10H15NO2.C7H11NO2/c1-9(2,3)13-8(12)10(7-11)5-4-6-10;1-7(2,3)10-6(9)4-5-8/h4-6H2,1-3H3;4H2,1-3H3. The largest absolute Gasteiger partial charge is 0.459 e. The number of rotatable bonds is 2. The first-order valence-corrected chi connectivity index (χ1v) is 7.59. The van der Waals surface area contributed by atoms with E-state index in [1.165, 1.54) is 0 Å². The van der Waals surface area contributed by atoms with Gasteiger partial charge in [0.2, 0.25) is 0 Å². The van der Waals surface area contributed by atoms with Crippen molar-refractivity contribution in [2.45, 2.75) is 78.4 Å². The van der Waals surface area contributed by atoms with Crippen molar-refractivity contribution in [2.24, 2.45) is 5.41 Å². The molecule has 0 atom stereocenters. The minimum absolute atomic E-state index is 0.169. The fraction of sp³-hybridized carbons (Fsp3) is 0.765. The Morgan fingerprint density at radius 2 is 1.48 bits per heavy atom. The molecular formula is C17H26N2O4. The van der Waals surface area contributed by atoms with Gasteiger partial charge in [0, 0.05) is 0 Å². The minimum Gasteiger partial charge on any atom is -0.459 e. The molecule has 0 aromatic heterocycles. The number of ether oxygens (including phenoxy) is 2. The first kappa shape index (κ1) is 20.9. The van der Waals surface area contributed by atoms with Crippen LogP contribution in [0.15, 0.2) is 0 Å². The molecule has 1 aliphatic carbocycles. The SMILES string of the molecule is CC(C)(C)OC(=O)C1(C#N)CCC1.CC(C)(C)OC(=O)CC#N. The molecule has 1 saturated carbocycles. The molecule has 0 N–H and O–H groups in total. The summed E-state index contributed by atoms with van der Waals surface area (Å²) in [6.45, 7) is 10.7. The van der Waals surface area contributed by atoms with Gasteiger partial charge < -0.3 is 9.47 Å². The van der Waals surface area contributed by atoms with E-state index in [0.29, 0.717) is 12.8 Å². The Balaban J connectivity index is 0.000000438. The average Bonchev–Trinajstić information content (AvgIpc) is 2.23. The third kappa shape index (κ3) is 8.21. The molecule has 1 fully saturated rings. The lowest BCUT2D eigenvalue weighted by molar-refractivity contribution is -0.168. The maximum Gasteiger partial charge on any atom is 0.327 e. The maximum atomic E-state index is 11.5. The van der Waals surface area contributed by atoms with Gasteiger partial charge in [-0.2, -0.15) is 10.5 Å². The van der Waals surface area contributed by atoms with Crippen molar-refractivity contribution >= 4 is 11.9 Å². The van der Waals surface area contributed by atoms with Crippen LogP contribution >= 0.6 is 0 Å². The second-order valence-electron chi connectivity index (χ2n) is 7.47. The van der Waals surface area contributed by atoms with Crippen LogP contribution in [-0.2, 0) is 19.1 Å². The molecule has 128 valence electrons. The van der Waals surface area contributed by atoms with Crippen LogP contribution in [0.1, 0.15) is 67.2 Å². The van der Waals surface area contributed by atoms with Gasteiger partial charge in [0.15, 0.2) is 5.41 Å². The van der Waals surface area contributed by atoms with Gasteiger partial charge in [-0.1, -0.05) is 0 Å². The number of hydrogen-bond donors (Lipinski definition) is 0. The molecule has 6 heteroatoms. The Bertz CT molecular complexity index is 509. The molecule has 0 saturated heterocycles. The minimum atomic E-state index is -0.826. The zero-order chi connectivity index (χ0) is 18.3.